The predicted molar refractivity (Wildman–Crippen MR) is 92.2 cm³/mol. The van der Waals surface area contributed by atoms with Crippen LogP contribution < -0.4 is 5.32 Å². The minimum Gasteiger partial charge on any atom is -0.309 e. The summed E-state index contributed by atoms with van der Waals surface area (Å²) in [6, 6.07) is 9.18. The first kappa shape index (κ1) is 16.7. The van der Waals surface area contributed by atoms with Gasteiger partial charge in [0.15, 0.2) is 0 Å². The van der Waals surface area contributed by atoms with Gasteiger partial charge in [-0.3, -0.25) is 0 Å². The summed E-state index contributed by atoms with van der Waals surface area (Å²) in [5.41, 5.74) is 2.46. The molecule has 1 aromatic heterocycles. The van der Waals surface area contributed by atoms with Crippen molar-refractivity contribution in [3.05, 3.63) is 48.5 Å². The molecule has 0 aliphatic heterocycles. The Balaban J connectivity index is 1.91. The maximum Gasteiger partial charge on any atom is 0.0991 e. The summed E-state index contributed by atoms with van der Waals surface area (Å²) in [5, 5.41) is 3.69. The lowest BCUT2D eigenvalue weighted by Crippen LogP contribution is -2.38. The van der Waals surface area contributed by atoms with Crippen LogP contribution in [0.1, 0.15) is 25.8 Å². The number of rotatable bonds is 8. The second-order valence-electron chi connectivity index (χ2n) is 6.61. The van der Waals surface area contributed by atoms with Gasteiger partial charge in [-0.1, -0.05) is 26.0 Å². The molecule has 2 rings (SSSR count). The molecular weight excluding hydrogens is 272 g/mol. The summed E-state index contributed by atoms with van der Waals surface area (Å²) in [6.07, 6.45) is 6.78. The summed E-state index contributed by atoms with van der Waals surface area (Å²) in [6.45, 7) is 6.55. The maximum absolute atomic E-state index is 4.08. The van der Waals surface area contributed by atoms with Crippen LogP contribution in [0, 0.1) is 5.92 Å². The molecule has 0 saturated heterocycles. The molecule has 4 heteroatoms. The topological polar surface area (TPSA) is 33.1 Å². The molecule has 0 spiro atoms. The zero-order valence-electron chi connectivity index (χ0n) is 14.2. The Labute approximate surface area is 134 Å². The first-order chi connectivity index (χ1) is 10.5. The largest absolute Gasteiger partial charge is 0.309 e. The Kier molecular flexibility index (Phi) is 6.16. The van der Waals surface area contributed by atoms with Gasteiger partial charge in [-0.05, 0) is 44.1 Å². The third-order valence-corrected chi connectivity index (χ3v) is 3.68. The molecule has 120 valence electrons. The lowest BCUT2D eigenvalue weighted by Gasteiger charge is -2.24. The van der Waals surface area contributed by atoms with E-state index in [0.29, 0.717) is 12.0 Å². The van der Waals surface area contributed by atoms with Crippen LogP contribution in [0.15, 0.2) is 43.0 Å². The number of nitrogens with one attached hydrogen (secondary N) is 1. The average molecular weight is 300 g/mol. The van der Waals surface area contributed by atoms with Crippen molar-refractivity contribution in [1.29, 1.82) is 0 Å². The summed E-state index contributed by atoms with van der Waals surface area (Å²) < 4.78 is 2.02. The van der Waals surface area contributed by atoms with Gasteiger partial charge in [-0.25, -0.2) is 4.98 Å². The summed E-state index contributed by atoms with van der Waals surface area (Å²) in [5.74, 6) is 0.709. The van der Waals surface area contributed by atoms with E-state index in [2.05, 4.69) is 67.4 Å². The molecule has 1 unspecified atom stereocenters. The molecule has 0 saturated carbocycles. The fourth-order valence-corrected chi connectivity index (χ4v) is 2.69. The van der Waals surface area contributed by atoms with Crippen LogP contribution in [0.3, 0.4) is 0 Å². The normalized spacial score (nSPS) is 13.0. The van der Waals surface area contributed by atoms with Crippen LogP contribution in [0.4, 0.5) is 0 Å². The third kappa shape index (κ3) is 5.28. The lowest BCUT2D eigenvalue weighted by atomic mass is 10.0. The minimum atomic E-state index is 0.531. The van der Waals surface area contributed by atoms with E-state index in [0.717, 1.165) is 18.8 Å². The molecule has 1 aromatic carbocycles. The fraction of sp³-hybridized carbons (Fsp3) is 0.500. The number of hydrogen-bond donors (Lipinski definition) is 1. The molecule has 1 N–H and O–H groups in total. The number of nitrogens with zero attached hydrogens (tertiary/aromatic N) is 3. The summed E-state index contributed by atoms with van der Waals surface area (Å²) in [7, 11) is 4.27. The zero-order chi connectivity index (χ0) is 15.9. The molecule has 1 heterocycles. The van der Waals surface area contributed by atoms with Gasteiger partial charge < -0.3 is 14.8 Å². The van der Waals surface area contributed by atoms with Crippen molar-refractivity contribution in [2.24, 2.45) is 5.92 Å². The standard InChI is InChI=1S/C18H28N4/c1-15(2)11-17(13-21(3)4)20-12-16-5-7-18(8-6-16)22-10-9-19-14-22/h5-10,14-15,17,20H,11-13H2,1-4H3. The van der Waals surface area contributed by atoms with Gasteiger partial charge in [0, 0.05) is 37.2 Å². The van der Waals surface area contributed by atoms with Crippen molar-refractivity contribution < 1.29 is 0 Å². The van der Waals surface area contributed by atoms with E-state index in [4.69, 9.17) is 0 Å². The number of aromatic nitrogens is 2. The molecule has 0 radical (unpaired) electrons. The molecule has 1 atom stereocenters. The second kappa shape index (κ2) is 8.11. The van der Waals surface area contributed by atoms with Crippen molar-refractivity contribution >= 4 is 0 Å². The van der Waals surface area contributed by atoms with E-state index in [1.165, 1.54) is 12.0 Å². The van der Waals surface area contributed by atoms with Crippen LogP contribution in [0.2, 0.25) is 0 Å². The minimum absolute atomic E-state index is 0.531. The van der Waals surface area contributed by atoms with Gasteiger partial charge in [0.05, 0.1) is 6.33 Å². The quantitative estimate of drug-likeness (QED) is 0.813. The fourth-order valence-electron chi connectivity index (χ4n) is 2.69. The molecule has 0 aliphatic rings. The molecule has 0 fully saturated rings. The number of likely N-dealkylation sites (N-methyl/N-ethyl adjacent to an activating group) is 1. The van der Waals surface area contributed by atoms with Gasteiger partial charge in [0.1, 0.15) is 0 Å². The van der Waals surface area contributed by atoms with Crippen molar-refractivity contribution in [3.63, 3.8) is 0 Å². The smallest absolute Gasteiger partial charge is 0.0991 e. The third-order valence-electron chi connectivity index (χ3n) is 3.68. The Morgan fingerprint density at radius 3 is 2.45 bits per heavy atom. The highest BCUT2D eigenvalue weighted by atomic mass is 15.1. The van der Waals surface area contributed by atoms with Crippen molar-refractivity contribution in [2.75, 3.05) is 20.6 Å². The highest BCUT2D eigenvalue weighted by Gasteiger charge is 2.11. The van der Waals surface area contributed by atoms with E-state index in [1.54, 1.807) is 6.20 Å². The molecule has 0 aliphatic carbocycles. The van der Waals surface area contributed by atoms with Gasteiger partial charge >= 0.3 is 0 Å². The summed E-state index contributed by atoms with van der Waals surface area (Å²) in [4.78, 5) is 6.33. The number of benzene rings is 1. The second-order valence-corrected chi connectivity index (χ2v) is 6.61. The Hall–Kier alpha value is -1.65. The zero-order valence-corrected chi connectivity index (χ0v) is 14.2. The first-order valence-electron chi connectivity index (χ1n) is 8.00. The van der Waals surface area contributed by atoms with Crippen molar-refractivity contribution in [2.45, 2.75) is 32.9 Å². The van der Waals surface area contributed by atoms with E-state index >= 15 is 0 Å². The van der Waals surface area contributed by atoms with E-state index in [1.807, 2.05) is 17.1 Å². The van der Waals surface area contributed by atoms with Gasteiger partial charge in [-0.15, -0.1) is 0 Å². The molecule has 4 nitrogen and oxygen atoms in total. The van der Waals surface area contributed by atoms with Crippen LogP contribution in [-0.2, 0) is 6.54 Å². The SMILES string of the molecule is CC(C)CC(CN(C)C)NCc1ccc(-n2ccnc2)cc1. The Morgan fingerprint density at radius 1 is 1.18 bits per heavy atom. The molecule has 22 heavy (non-hydrogen) atoms. The number of imidazole rings is 1. The number of hydrogen-bond acceptors (Lipinski definition) is 3. The first-order valence-corrected chi connectivity index (χ1v) is 8.00. The van der Waals surface area contributed by atoms with Crippen molar-refractivity contribution in [3.8, 4) is 5.69 Å². The monoisotopic (exact) mass is 300 g/mol. The van der Waals surface area contributed by atoms with Crippen molar-refractivity contribution in [1.82, 2.24) is 19.8 Å². The van der Waals surface area contributed by atoms with Crippen LogP contribution in [0.25, 0.3) is 5.69 Å². The highest BCUT2D eigenvalue weighted by Crippen LogP contribution is 2.11. The lowest BCUT2D eigenvalue weighted by molar-refractivity contribution is 0.305. The van der Waals surface area contributed by atoms with Crippen LogP contribution >= 0.6 is 0 Å². The summed E-state index contributed by atoms with van der Waals surface area (Å²) >= 11 is 0. The van der Waals surface area contributed by atoms with Crippen LogP contribution in [0.5, 0.6) is 0 Å². The molecular formula is C18H28N4. The van der Waals surface area contributed by atoms with E-state index < -0.39 is 0 Å². The Bertz CT molecular complexity index is 519. The Morgan fingerprint density at radius 2 is 1.91 bits per heavy atom. The molecule has 0 amide bonds. The highest BCUT2D eigenvalue weighted by molar-refractivity contribution is 5.34. The average Bonchev–Trinajstić information content (AvgIpc) is 2.98. The van der Waals surface area contributed by atoms with Gasteiger partial charge in [0.25, 0.3) is 0 Å². The predicted octanol–water partition coefficient (Wildman–Crippen LogP) is 2.94. The maximum atomic E-state index is 4.08. The van der Waals surface area contributed by atoms with E-state index in [9.17, 15) is 0 Å². The van der Waals surface area contributed by atoms with Gasteiger partial charge in [0.2, 0.25) is 0 Å². The van der Waals surface area contributed by atoms with Crippen LogP contribution in [-0.4, -0.2) is 41.1 Å². The molecule has 2 aromatic rings. The molecule has 0 bridgehead atoms. The van der Waals surface area contributed by atoms with Gasteiger partial charge in [-0.2, -0.15) is 0 Å². The van der Waals surface area contributed by atoms with E-state index in [-0.39, 0.29) is 0 Å².